The predicted octanol–water partition coefficient (Wildman–Crippen LogP) is 3.79. The number of hydrogen-bond acceptors (Lipinski definition) is 2. The Kier molecular flexibility index (Phi) is 4.24. The smallest absolute Gasteiger partial charge is 0.0976 e. The fourth-order valence-electron chi connectivity index (χ4n) is 1.74. The largest absolute Gasteiger partial charge is 0.387 e. The Balaban J connectivity index is 1.98. The van der Waals surface area contributed by atoms with Gasteiger partial charge in [-0.05, 0) is 25.1 Å². The summed E-state index contributed by atoms with van der Waals surface area (Å²) >= 11 is 6.03. The molecule has 18 heavy (non-hydrogen) atoms. The second kappa shape index (κ2) is 5.89. The van der Waals surface area contributed by atoms with Crippen molar-refractivity contribution in [1.29, 1.82) is 0 Å². The molecule has 0 aliphatic rings. The van der Waals surface area contributed by atoms with Crippen LogP contribution in [-0.2, 0) is 0 Å². The van der Waals surface area contributed by atoms with Crippen LogP contribution in [-0.4, -0.2) is 11.7 Å². The second-order valence-corrected chi connectivity index (χ2v) is 4.69. The number of nitrogens with one attached hydrogen (secondary N) is 1. The Hall–Kier alpha value is -1.51. The quantitative estimate of drug-likeness (QED) is 0.878. The van der Waals surface area contributed by atoms with Gasteiger partial charge in [-0.25, -0.2) is 0 Å². The third-order valence-corrected chi connectivity index (χ3v) is 3.16. The lowest BCUT2D eigenvalue weighted by Gasteiger charge is -2.14. The maximum Gasteiger partial charge on any atom is 0.0976 e. The molecular formula is C15H16ClNO. The van der Waals surface area contributed by atoms with Crippen molar-refractivity contribution in [2.24, 2.45) is 0 Å². The average Bonchev–Trinajstić information content (AvgIpc) is 2.38. The molecule has 2 aromatic carbocycles. The topological polar surface area (TPSA) is 32.3 Å². The molecule has 0 saturated heterocycles. The Morgan fingerprint density at radius 3 is 2.44 bits per heavy atom. The second-order valence-electron chi connectivity index (χ2n) is 4.28. The van der Waals surface area contributed by atoms with Crippen molar-refractivity contribution in [2.45, 2.75) is 13.0 Å². The summed E-state index contributed by atoms with van der Waals surface area (Å²) in [6.45, 7) is 2.48. The van der Waals surface area contributed by atoms with Crippen LogP contribution >= 0.6 is 11.6 Å². The zero-order valence-electron chi connectivity index (χ0n) is 10.2. The van der Waals surface area contributed by atoms with E-state index in [9.17, 15) is 5.11 Å². The third-order valence-electron chi connectivity index (χ3n) is 2.82. The zero-order chi connectivity index (χ0) is 13.0. The van der Waals surface area contributed by atoms with Crippen LogP contribution in [0, 0.1) is 6.92 Å². The molecule has 0 fully saturated rings. The first-order valence-electron chi connectivity index (χ1n) is 5.90. The van der Waals surface area contributed by atoms with Crippen molar-refractivity contribution in [3.05, 3.63) is 64.7 Å². The third kappa shape index (κ3) is 3.25. The van der Waals surface area contributed by atoms with E-state index >= 15 is 0 Å². The van der Waals surface area contributed by atoms with Crippen LogP contribution < -0.4 is 5.32 Å². The van der Waals surface area contributed by atoms with Crippen LogP contribution in [0.1, 0.15) is 17.2 Å². The summed E-state index contributed by atoms with van der Waals surface area (Å²) < 4.78 is 0. The maximum atomic E-state index is 10.1. The van der Waals surface area contributed by atoms with Crippen LogP contribution in [0.2, 0.25) is 5.02 Å². The van der Waals surface area contributed by atoms with Gasteiger partial charge in [0.05, 0.1) is 6.10 Å². The molecule has 2 nitrogen and oxygen atoms in total. The van der Waals surface area contributed by atoms with Gasteiger partial charge < -0.3 is 10.4 Å². The molecule has 0 spiro atoms. The molecule has 2 aromatic rings. The van der Waals surface area contributed by atoms with Crippen molar-refractivity contribution in [2.75, 3.05) is 11.9 Å². The first-order valence-corrected chi connectivity index (χ1v) is 6.27. The first-order chi connectivity index (χ1) is 8.66. The van der Waals surface area contributed by atoms with E-state index in [-0.39, 0.29) is 0 Å². The van der Waals surface area contributed by atoms with E-state index in [1.165, 1.54) is 5.56 Å². The number of hydrogen-bond donors (Lipinski definition) is 2. The lowest BCUT2D eigenvalue weighted by Crippen LogP contribution is -2.12. The van der Waals surface area contributed by atoms with Crippen molar-refractivity contribution < 1.29 is 5.11 Å². The highest BCUT2D eigenvalue weighted by atomic mass is 35.5. The molecular weight excluding hydrogens is 246 g/mol. The molecule has 2 rings (SSSR count). The maximum absolute atomic E-state index is 10.1. The van der Waals surface area contributed by atoms with Gasteiger partial charge >= 0.3 is 0 Å². The van der Waals surface area contributed by atoms with E-state index in [1.807, 2.05) is 49.4 Å². The van der Waals surface area contributed by atoms with Gasteiger partial charge in [0, 0.05) is 22.8 Å². The number of benzene rings is 2. The molecule has 0 amide bonds. The standard InChI is InChI=1S/C15H16ClNO/c1-11-6-8-12(9-7-11)17-10-15(18)13-4-2-3-5-14(13)16/h2-9,15,17-18H,10H2,1H3. The Bertz CT molecular complexity index is 510. The summed E-state index contributed by atoms with van der Waals surface area (Å²) in [5.74, 6) is 0. The molecule has 0 aliphatic heterocycles. The number of halogens is 1. The van der Waals surface area contributed by atoms with Crippen LogP contribution in [0.25, 0.3) is 0 Å². The monoisotopic (exact) mass is 261 g/mol. The minimum atomic E-state index is -0.611. The molecule has 3 heteroatoms. The van der Waals surface area contributed by atoms with Crippen molar-refractivity contribution in [3.8, 4) is 0 Å². The molecule has 2 N–H and O–H groups in total. The number of anilines is 1. The summed E-state index contributed by atoms with van der Waals surface area (Å²) in [5.41, 5.74) is 2.96. The van der Waals surface area contributed by atoms with Gasteiger partial charge in [0.2, 0.25) is 0 Å². The number of rotatable bonds is 4. The fourth-order valence-corrected chi connectivity index (χ4v) is 2.00. The Morgan fingerprint density at radius 1 is 1.11 bits per heavy atom. The van der Waals surface area contributed by atoms with Crippen LogP contribution in [0.15, 0.2) is 48.5 Å². The van der Waals surface area contributed by atoms with E-state index in [0.29, 0.717) is 11.6 Å². The van der Waals surface area contributed by atoms with Crippen LogP contribution in [0.4, 0.5) is 5.69 Å². The van der Waals surface area contributed by atoms with Gasteiger partial charge in [0.15, 0.2) is 0 Å². The molecule has 0 aliphatic carbocycles. The molecule has 0 saturated carbocycles. The summed E-state index contributed by atoms with van der Waals surface area (Å²) in [5, 5.41) is 13.9. The average molecular weight is 262 g/mol. The minimum absolute atomic E-state index is 0.437. The number of aliphatic hydroxyl groups is 1. The van der Waals surface area contributed by atoms with Crippen molar-refractivity contribution in [1.82, 2.24) is 0 Å². The molecule has 1 atom stereocenters. The van der Waals surface area contributed by atoms with E-state index < -0.39 is 6.10 Å². The SMILES string of the molecule is Cc1ccc(NCC(O)c2ccccc2Cl)cc1. The summed E-state index contributed by atoms with van der Waals surface area (Å²) in [6.07, 6.45) is -0.611. The number of aryl methyl sites for hydroxylation is 1. The predicted molar refractivity (Wildman–Crippen MR) is 76.1 cm³/mol. The molecule has 1 unspecified atom stereocenters. The zero-order valence-corrected chi connectivity index (χ0v) is 11.0. The fraction of sp³-hybridized carbons (Fsp3) is 0.200. The lowest BCUT2D eigenvalue weighted by molar-refractivity contribution is 0.192. The van der Waals surface area contributed by atoms with Crippen LogP contribution in [0.5, 0.6) is 0 Å². The molecule has 0 radical (unpaired) electrons. The molecule has 0 heterocycles. The van der Waals surface area contributed by atoms with Gasteiger partial charge in [0.1, 0.15) is 0 Å². The number of aliphatic hydroxyl groups excluding tert-OH is 1. The highest BCUT2D eigenvalue weighted by molar-refractivity contribution is 6.31. The summed E-state index contributed by atoms with van der Waals surface area (Å²) in [4.78, 5) is 0. The van der Waals surface area contributed by atoms with Gasteiger partial charge in [-0.2, -0.15) is 0 Å². The normalized spacial score (nSPS) is 12.2. The van der Waals surface area contributed by atoms with Crippen molar-refractivity contribution in [3.63, 3.8) is 0 Å². The first kappa shape index (κ1) is 12.9. The molecule has 0 bridgehead atoms. The molecule has 94 valence electrons. The summed E-state index contributed by atoms with van der Waals surface area (Å²) in [7, 11) is 0. The molecule has 0 aromatic heterocycles. The van der Waals surface area contributed by atoms with E-state index in [0.717, 1.165) is 11.3 Å². The van der Waals surface area contributed by atoms with Gasteiger partial charge in [-0.3, -0.25) is 0 Å². The highest BCUT2D eigenvalue weighted by Gasteiger charge is 2.10. The Morgan fingerprint density at radius 2 is 1.78 bits per heavy atom. The minimum Gasteiger partial charge on any atom is -0.387 e. The van der Waals surface area contributed by atoms with Gasteiger partial charge in [-0.15, -0.1) is 0 Å². The summed E-state index contributed by atoms with van der Waals surface area (Å²) in [6, 6.07) is 15.4. The van der Waals surface area contributed by atoms with Crippen LogP contribution in [0.3, 0.4) is 0 Å². The van der Waals surface area contributed by atoms with Gasteiger partial charge in [-0.1, -0.05) is 47.5 Å². The Labute approximate surface area is 112 Å². The highest BCUT2D eigenvalue weighted by Crippen LogP contribution is 2.22. The van der Waals surface area contributed by atoms with Gasteiger partial charge in [0.25, 0.3) is 0 Å². The van der Waals surface area contributed by atoms with E-state index in [4.69, 9.17) is 11.6 Å². The van der Waals surface area contributed by atoms with Crippen molar-refractivity contribution >= 4 is 17.3 Å². The lowest BCUT2D eigenvalue weighted by atomic mass is 10.1. The van der Waals surface area contributed by atoms with E-state index in [1.54, 1.807) is 6.07 Å². The van der Waals surface area contributed by atoms with E-state index in [2.05, 4.69) is 5.32 Å².